The minimum absolute atomic E-state index is 0.273. The van der Waals surface area contributed by atoms with E-state index in [2.05, 4.69) is 10.3 Å². The van der Waals surface area contributed by atoms with Crippen LogP contribution in [-0.4, -0.2) is 10.9 Å². The Labute approximate surface area is 104 Å². The number of nitrogens with zero attached hydrogens (tertiary/aromatic N) is 1. The minimum atomic E-state index is -0.304. The Balaban J connectivity index is 2.15. The number of hydrogen-bond acceptors (Lipinski definition) is 3. The minimum Gasteiger partial charge on any atom is -0.456 e. The number of nitrogens with one attached hydrogen (secondary N) is 1. The van der Waals surface area contributed by atoms with Crippen LogP contribution in [0.1, 0.15) is 21.9 Å². The summed E-state index contributed by atoms with van der Waals surface area (Å²) in [6.45, 7) is 3.60. The van der Waals surface area contributed by atoms with Crippen LogP contribution in [0.15, 0.2) is 28.8 Å². The average molecular weight is 251 g/mol. The van der Waals surface area contributed by atoms with E-state index in [-0.39, 0.29) is 11.7 Å². The van der Waals surface area contributed by atoms with Gasteiger partial charge in [-0.15, -0.1) is 0 Å². The molecule has 5 heteroatoms. The fourth-order valence-corrected chi connectivity index (χ4v) is 1.48. The van der Waals surface area contributed by atoms with Gasteiger partial charge in [-0.1, -0.05) is 11.6 Å². The van der Waals surface area contributed by atoms with Gasteiger partial charge in [0.2, 0.25) is 0 Å². The van der Waals surface area contributed by atoms with Gasteiger partial charge < -0.3 is 9.73 Å². The van der Waals surface area contributed by atoms with Crippen LogP contribution in [-0.2, 0) is 0 Å². The van der Waals surface area contributed by atoms with E-state index in [9.17, 15) is 4.79 Å². The van der Waals surface area contributed by atoms with Crippen LogP contribution in [0.25, 0.3) is 0 Å². The Hall–Kier alpha value is -1.81. The Bertz CT molecular complexity index is 563. The molecule has 2 aromatic rings. The Morgan fingerprint density at radius 1 is 1.41 bits per heavy atom. The SMILES string of the molecule is Cc1ccc(C(=O)Nc2cnc(Cl)c(C)c2)o1. The van der Waals surface area contributed by atoms with Crippen molar-refractivity contribution in [3.63, 3.8) is 0 Å². The van der Waals surface area contributed by atoms with Crippen molar-refractivity contribution in [1.82, 2.24) is 4.98 Å². The fourth-order valence-electron chi connectivity index (χ4n) is 1.38. The molecule has 17 heavy (non-hydrogen) atoms. The monoisotopic (exact) mass is 250 g/mol. The first-order valence-corrected chi connectivity index (χ1v) is 5.44. The highest BCUT2D eigenvalue weighted by Gasteiger charge is 2.10. The smallest absolute Gasteiger partial charge is 0.291 e. The third kappa shape index (κ3) is 2.65. The van der Waals surface area contributed by atoms with Gasteiger partial charge in [-0.2, -0.15) is 0 Å². The number of carbonyl (C=O) groups excluding carboxylic acids is 1. The summed E-state index contributed by atoms with van der Waals surface area (Å²) in [5, 5.41) is 3.11. The molecule has 4 nitrogen and oxygen atoms in total. The molecule has 0 atom stereocenters. The number of aromatic nitrogens is 1. The predicted octanol–water partition coefficient (Wildman–Crippen LogP) is 3.20. The largest absolute Gasteiger partial charge is 0.456 e. The molecule has 0 radical (unpaired) electrons. The summed E-state index contributed by atoms with van der Waals surface area (Å²) in [5.74, 6) is 0.664. The van der Waals surface area contributed by atoms with Crippen molar-refractivity contribution in [2.75, 3.05) is 5.32 Å². The zero-order chi connectivity index (χ0) is 12.4. The summed E-state index contributed by atoms with van der Waals surface area (Å²) < 4.78 is 5.21. The summed E-state index contributed by atoms with van der Waals surface area (Å²) >= 11 is 5.80. The highest BCUT2D eigenvalue weighted by Crippen LogP contribution is 2.17. The molecule has 0 bridgehead atoms. The second kappa shape index (κ2) is 4.59. The molecule has 88 valence electrons. The molecule has 2 heterocycles. The molecule has 0 aliphatic carbocycles. The van der Waals surface area contributed by atoms with Gasteiger partial charge in [0, 0.05) is 0 Å². The van der Waals surface area contributed by atoms with E-state index in [1.807, 2.05) is 6.92 Å². The van der Waals surface area contributed by atoms with Crippen LogP contribution in [0.3, 0.4) is 0 Å². The molecule has 0 aliphatic rings. The second-order valence-electron chi connectivity index (χ2n) is 3.70. The molecule has 1 N–H and O–H groups in total. The van der Waals surface area contributed by atoms with E-state index in [1.165, 1.54) is 6.20 Å². The van der Waals surface area contributed by atoms with Gasteiger partial charge in [0.1, 0.15) is 10.9 Å². The van der Waals surface area contributed by atoms with Gasteiger partial charge in [-0.25, -0.2) is 4.98 Å². The summed E-state index contributed by atoms with van der Waals surface area (Å²) in [4.78, 5) is 15.7. The highest BCUT2D eigenvalue weighted by molar-refractivity contribution is 6.30. The lowest BCUT2D eigenvalue weighted by Gasteiger charge is -2.04. The summed E-state index contributed by atoms with van der Waals surface area (Å²) in [5.41, 5.74) is 1.39. The van der Waals surface area contributed by atoms with Gasteiger partial charge in [0.25, 0.3) is 5.91 Å². The first-order valence-electron chi connectivity index (χ1n) is 5.06. The van der Waals surface area contributed by atoms with Crippen molar-refractivity contribution < 1.29 is 9.21 Å². The van der Waals surface area contributed by atoms with Gasteiger partial charge in [0.15, 0.2) is 5.76 Å². The molecule has 0 fully saturated rings. The number of rotatable bonds is 2. The second-order valence-corrected chi connectivity index (χ2v) is 4.05. The number of aryl methyl sites for hydroxylation is 2. The molecule has 0 saturated heterocycles. The number of anilines is 1. The van der Waals surface area contributed by atoms with E-state index in [1.54, 1.807) is 25.1 Å². The van der Waals surface area contributed by atoms with Crippen LogP contribution in [0.5, 0.6) is 0 Å². The van der Waals surface area contributed by atoms with Gasteiger partial charge in [-0.05, 0) is 37.6 Å². The van der Waals surface area contributed by atoms with E-state index < -0.39 is 0 Å². The van der Waals surface area contributed by atoms with E-state index >= 15 is 0 Å². The van der Waals surface area contributed by atoms with E-state index in [0.717, 1.165) is 5.56 Å². The van der Waals surface area contributed by atoms with Crippen molar-refractivity contribution in [1.29, 1.82) is 0 Å². The molecule has 0 aromatic carbocycles. The number of amides is 1. The number of carbonyl (C=O) groups is 1. The standard InChI is InChI=1S/C12H11ClN2O2/c1-7-5-9(6-14-11(7)13)15-12(16)10-4-3-8(2)17-10/h3-6H,1-2H3,(H,15,16). The van der Waals surface area contributed by atoms with E-state index in [4.69, 9.17) is 16.0 Å². The van der Waals surface area contributed by atoms with Crippen LogP contribution in [0.4, 0.5) is 5.69 Å². The lowest BCUT2D eigenvalue weighted by Crippen LogP contribution is -2.11. The molecule has 0 unspecified atom stereocenters. The van der Waals surface area contributed by atoms with Crippen molar-refractivity contribution in [3.05, 3.63) is 46.6 Å². The van der Waals surface area contributed by atoms with Crippen molar-refractivity contribution in [2.45, 2.75) is 13.8 Å². The van der Waals surface area contributed by atoms with Crippen molar-refractivity contribution in [2.24, 2.45) is 0 Å². The highest BCUT2D eigenvalue weighted by atomic mass is 35.5. The number of furan rings is 1. The summed E-state index contributed by atoms with van der Waals surface area (Å²) in [6, 6.07) is 5.12. The summed E-state index contributed by atoms with van der Waals surface area (Å²) in [6.07, 6.45) is 1.50. The molecule has 0 aliphatic heterocycles. The van der Waals surface area contributed by atoms with Gasteiger partial charge in [-0.3, -0.25) is 4.79 Å². The van der Waals surface area contributed by atoms with Crippen molar-refractivity contribution >= 4 is 23.2 Å². The maximum Gasteiger partial charge on any atom is 0.291 e. The van der Waals surface area contributed by atoms with Crippen LogP contribution >= 0.6 is 11.6 Å². The molecule has 0 spiro atoms. The van der Waals surface area contributed by atoms with Crippen LogP contribution in [0, 0.1) is 13.8 Å². The first-order chi connectivity index (χ1) is 8.06. The molecule has 0 saturated carbocycles. The third-order valence-corrected chi connectivity index (χ3v) is 2.63. The fraction of sp³-hybridized carbons (Fsp3) is 0.167. The Morgan fingerprint density at radius 3 is 2.76 bits per heavy atom. The van der Waals surface area contributed by atoms with Gasteiger partial charge >= 0.3 is 0 Å². The summed E-state index contributed by atoms with van der Waals surface area (Å²) in [7, 11) is 0. The topological polar surface area (TPSA) is 55.1 Å². The quantitative estimate of drug-likeness (QED) is 0.833. The zero-order valence-corrected chi connectivity index (χ0v) is 10.2. The van der Waals surface area contributed by atoms with Crippen LogP contribution in [0.2, 0.25) is 5.15 Å². The maximum atomic E-state index is 11.8. The predicted molar refractivity (Wildman–Crippen MR) is 65.4 cm³/mol. The molecule has 2 aromatic heterocycles. The molecule has 2 rings (SSSR count). The first kappa shape index (κ1) is 11.7. The lowest BCUT2D eigenvalue weighted by molar-refractivity contribution is 0.0995. The Kier molecular flexibility index (Phi) is 3.15. The van der Waals surface area contributed by atoms with Crippen molar-refractivity contribution in [3.8, 4) is 0 Å². The molecular formula is C12H11ClN2O2. The van der Waals surface area contributed by atoms with E-state index in [0.29, 0.717) is 16.6 Å². The number of halogens is 1. The van der Waals surface area contributed by atoms with Crippen LogP contribution < -0.4 is 5.32 Å². The molecule has 1 amide bonds. The van der Waals surface area contributed by atoms with Gasteiger partial charge in [0.05, 0.1) is 11.9 Å². The Morgan fingerprint density at radius 2 is 2.18 bits per heavy atom. The third-order valence-electron chi connectivity index (χ3n) is 2.24. The lowest BCUT2D eigenvalue weighted by atomic mass is 10.3. The molecular weight excluding hydrogens is 240 g/mol. The number of pyridine rings is 1. The number of hydrogen-bond donors (Lipinski definition) is 1. The average Bonchev–Trinajstić information content (AvgIpc) is 2.70. The maximum absolute atomic E-state index is 11.8. The zero-order valence-electron chi connectivity index (χ0n) is 9.45. The normalized spacial score (nSPS) is 10.3.